The number of aryl methyl sites for hydroxylation is 1. The monoisotopic (exact) mass is 249 g/mol. The summed E-state index contributed by atoms with van der Waals surface area (Å²) in [6, 6.07) is 14.8. The van der Waals surface area contributed by atoms with Crippen molar-refractivity contribution in [3.63, 3.8) is 0 Å². The van der Waals surface area contributed by atoms with Crippen LogP contribution in [-0.4, -0.2) is 4.68 Å². The molecule has 3 heteroatoms. The van der Waals surface area contributed by atoms with Crippen LogP contribution in [0.3, 0.4) is 0 Å². The van der Waals surface area contributed by atoms with Gasteiger partial charge in [-0.1, -0.05) is 30.3 Å². The Bertz CT molecular complexity index is 757. The average molecular weight is 249 g/mol. The van der Waals surface area contributed by atoms with E-state index in [4.69, 9.17) is 0 Å². The predicted molar refractivity (Wildman–Crippen MR) is 71.7 cm³/mol. The van der Waals surface area contributed by atoms with Gasteiger partial charge in [0.15, 0.2) is 6.20 Å². The van der Waals surface area contributed by atoms with Crippen LogP contribution in [0.1, 0.15) is 5.56 Å². The highest BCUT2D eigenvalue weighted by Crippen LogP contribution is 2.21. The van der Waals surface area contributed by atoms with E-state index in [0.29, 0.717) is 0 Å². The first kappa shape index (κ1) is 10.5. The van der Waals surface area contributed by atoms with Crippen molar-refractivity contribution < 1.29 is 9.25 Å². The summed E-state index contributed by atoms with van der Waals surface area (Å²) in [6.07, 6.45) is 6.52. The molecule has 0 bridgehead atoms. The highest BCUT2D eigenvalue weighted by molar-refractivity contribution is 5.61. The first-order valence-electron chi connectivity index (χ1n) is 6.48. The quantitative estimate of drug-likeness (QED) is 0.455. The molecule has 0 saturated heterocycles. The highest BCUT2D eigenvalue weighted by atomic mass is 15.4. The van der Waals surface area contributed by atoms with E-state index in [1.807, 2.05) is 0 Å². The van der Waals surface area contributed by atoms with Gasteiger partial charge in [0, 0.05) is 4.68 Å². The molecule has 1 aliphatic heterocycles. The van der Waals surface area contributed by atoms with E-state index in [-0.39, 0.29) is 0 Å². The first-order chi connectivity index (χ1) is 9.33. The molecule has 4 rings (SSSR count). The molecule has 3 heterocycles. The summed E-state index contributed by atoms with van der Waals surface area (Å²) < 4.78 is 6.66. The lowest BCUT2D eigenvalue weighted by molar-refractivity contribution is -0.763. The lowest BCUT2D eigenvalue weighted by Crippen LogP contribution is -2.40. The first-order valence-corrected chi connectivity index (χ1v) is 6.48. The normalized spacial score (nSPS) is 12.3. The third kappa shape index (κ3) is 1.51. The molecule has 0 aliphatic carbocycles. The van der Waals surface area contributed by atoms with E-state index >= 15 is 0 Å². The van der Waals surface area contributed by atoms with Gasteiger partial charge in [0.25, 0.3) is 0 Å². The average Bonchev–Trinajstić information content (AvgIpc) is 2.97. The number of hydrogen-bond acceptors (Lipinski definition) is 0. The Labute approximate surface area is 112 Å². The van der Waals surface area contributed by atoms with Gasteiger partial charge >= 0.3 is 5.82 Å². The maximum atomic E-state index is 2.26. The second-order valence-corrected chi connectivity index (χ2v) is 4.99. The summed E-state index contributed by atoms with van der Waals surface area (Å²) >= 11 is 0. The minimum absolute atomic E-state index is 0.941. The van der Waals surface area contributed by atoms with Crippen molar-refractivity contribution in [2.45, 2.75) is 6.54 Å². The Morgan fingerprint density at radius 1 is 1.00 bits per heavy atom. The van der Waals surface area contributed by atoms with Crippen molar-refractivity contribution in [1.82, 2.24) is 4.68 Å². The molecule has 0 N–H and O–H groups in total. The second-order valence-electron chi connectivity index (χ2n) is 4.99. The van der Waals surface area contributed by atoms with Crippen molar-refractivity contribution in [1.29, 1.82) is 0 Å². The number of nitrogens with zero attached hydrogens (tertiary/aromatic N) is 3. The lowest BCUT2D eigenvalue weighted by atomic mass is 10.1. The van der Waals surface area contributed by atoms with Gasteiger partial charge in [-0.25, -0.2) is 4.57 Å². The SMILES string of the molecule is C[n+]1cccc2c1-n1cc(-c3ccccc3)c[n+]1C2. The van der Waals surface area contributed by atoms with E-state index in [0.717, 1.165) is 6.54 Å². The van der Waals surface area contributed by atoms with E-state index in [2.05, 4.69) is 82.0 Å². The number of rotatable bonds is 1. The van der Waals surface area contributed by atoms with Crippen molar-refractivity contribution in [2.75, 3.05) is 0 Å². The molecule has 3 aromatic rings. The Kier molecular flexibility index (Phi) is 2.09. The zero-order valence-electron chi connectivity index (χ0n) is 10.8. The van der Waals surface area contributed by atoms with Gasteiger partial charge in [-0.2, -0.15) is 0 Å². The predicted octanol–water partition coefficient (Wildman–Crippen LogP) is 1.62. The second kappa shape index (κ2) is 3.79. The third-order valence-corrected chi connectivity index (χ3v) is 3.71. The van der Waals surface area contributed by atoms with Crippen LogP contribution in [0.4, 0.5) is 0 Å². The molecule has 0 amide bonds. The van der Waals surface area contributed by atoms with Crippen molar-refractivity contribution >= 4 is 0 Å². The van der Waals surface area contributed by atoms with Crippen LogP contribution in [0, 0.1) is 0 Å². The number of hydrogen-bond donors (Lipinski definition) is 0. The van der Waals surface area contributed by atoms with Crippen molar-refractivity contribution in [3.8, 4) is 16.9 Å². The van der Waals surface area contributed by atoms with Gasteiger partial charge in [-0.3, -0.25) is 0 Å². The largest absolute Gasteiger partial charge is 0.351 e. The molecular weight excluding hydrogens is 234 g/mol. The summed E-state index contributed by atoms with van der Waals surface area (Å²) in [7, 11) is 2.09. The summed E-state index contributed by atoms with van der Waals surface area (Å²) in [5.41, 5.74) is 3.89. The number of aromatic nitrogens is 3. The van der Waals surface area contributed by atoms with Gasteiger partial charge in [-0.15, -0.1) is 0 Å². The van der Waals surface area contributed by atoms with Crippen molar-refractivity contribution in [3.05, 3.63) is 66.6 Å². The lowest BCUT2D eigenvalue weighted by Gasteiger charge is -1.94. The molecule has 0 radical (unpaired) electrons. The fraction of sp³-hybridized carbons (Fsp3) is 0.125. The molecule has 0 spiro atoms. The summed E-state index contributed by atoms with van der Waals surface area (Å²) in [6.45, 7) is 0.941. The van der Waals surface area contributed by atoms with E-state index in [1.165, 1.54) is 22.5 Å². The van der Waals surface area contributed by atoms with Crippen LogP contribution < -0.4 is 9.25 Å². The Morgan fingerprint density at radius 3 is 2.68 bits per heavy atom. The topological polar surface area (TPSA) is 12.7 Å². The Morgan fingerprint density at radius 2 is 1.84 bits per heavy atom. The van der Waals surface area contributed by atoms with Crippen LogP contribution in [0.15, 0.2) is 61.1 Å². The zero-order chi connectivity index (χ0) is 12.8. The molecule has 3 nitrogen and oxygen atoms in total. The molecule has 0 atom stereocenters. The standard InChI is InChI=1S/C16H15N3/c1-17-9-5-8-14-10-18-11-15(12-19(18)16(14)17)13-6-3-2-4-7-13/h2-9,11-12H,10H2,1H3/q+2. The number of pyridine rings is 1. The van der Waals surface area contributed by atoms with Gasteiger partial charge < -0.3 is 0 Å². The highest BCUT2D eigenvalue weighted by Gasteiger charge is 2.35. The number of fused-ring (bicyclic) bond motifs is 3. The molecule has 0 saturated carbocycles. The van der Waals surface area contributed by atoms with Gasteiger partial charge in [0.05, 0.1) is 18.8 Å². The van der Waals surface area contributed by atoms with Crippen LogP contribution in [-0.2, 0) is 13.6 Å². The Balaban J connectivity index is 1.89. The molecule has 92 valence electrons. The molecular formula is C16H15N3+2. The van der Waals surface area contributed by atoms with E-state index < -0.39 is 0 Å². The van der Waals surface area contributed by atoms with Crippen LogP contribution in [0.5, 0.6) is 0 Å². The molecule has 1 aromatic carbocycles. The smallest absolute Gasteiger partial charge is 0.232 e. The maximum absolute atomic E-state index is 2.26. The van der Waals surface area contributed by atoms with Crippen LogP contribution >= 0.6 is 0 Å². The molecule has 19 heavy (non-hydrogen) atoms. The fourth-order valence-electron chi connectivity index (χ4n) is 2.81. The zero-order valence-corrected chi connectivity index (χ0v) is 10.8. The summed E-state index contributed by atoms with van der Waals surface area (Å²) in [4.78, 5) is 0. The number of benzene rings is 1. The minimum atomic E-state index is 0.941. The Hall–Kier alpha value is -2.42. The molecule has 1 aliphatic rings. The fourth-order valence-corrected chi connectivity index (χ4v) is 2.81. The summed E-state index contributed by atoms with van der Waals surface area (Å²) in [5.74, 6) is 1.25. The van der Waals surface area contributed by atoms with Crippen molar-refractivity contribution in [2.24, 2.45) is 7.05 Å². The van der Waals surface area contributed by atoms with Gasteiger partial charge in [0.1, 0.15) is 5.56 Å². The van der Waals surface area contributed by atoms with E-state index in [9.17, 15) is 0 Å². The minimum Gasteiger partial charge on any atom is -0.232 e. The maximum Gasteiger partial charge on any atom is 0.351 e. The third-order valence-electron chi connectivity index (χ3n) is 3.71. The van der Waals surface area contributed by atoms with E-state index in [1.54, 1.807) is 0 Å². The summed E-state index contributed by atoms with van der Waals surface area (Å²) in [5, 5.41) is 0. The molecule has 2 aromatic heterocycles. The molecule has 0 unspecified atom stereocenters. The van der Waals surface area contributed by atoms with Gasteiger partial charge in [0.2, 0.25) is 12.7 Å². The van der Waals surface area contributed by atoms with Gasteiger partial charge in [-0.05, 0) is 22.4 Å². The van der Waals surface area contributed by atoms with Crippen LogP contribution in [0.2, 0.25) is 0 Å². The van der Waals surface area contributed by atoms with Crippen LogP contribution in [0.25, 0.3) is 16.9 Å². The molecule has 0 fully saturated rings.